The van der Waals surface area contributed by atoms with Gasteiger partial charge in [-0.1, -0.05) is 0 Å². The molecule has 0 atom stereocenters. The van der Waals surface area contributed by atoms with Crippen LogP contribution in [0.4, 0.5) is 0 Å². The molecule has 1 rings (SSSR count). The number of rotatable bonds is 6. The van der Waals surface area contributed by atoms with Crippen molar-refractivity contribution >= 4 is 9.84 Å². The van der Waals surface area contributed by atoms with Gasteiger partial charge < -0.3 is 9.88 Å². The van der Waals surface area contributed by atoms with E-state index in [2.05, 4.69) is 10.3 Å². The molecule has 6 heteroatoms. The van der Waals surface area contributed by atoms with Crippen LogP contribution in [0.15, 0.2) is 12.4 Å². The van der Waals surface area contributed by atoms with E-state index in [9.17, 15) is 8.42 Å². The molecular formula is C11H21N3O2S. The molecule has 0 aliphatic carbocycles. The van der Waals surface area contributed by atoms with Crippen LogP contribution in [-0.2, 0) is 16.4 Å². The second-order valence-corrected chi connectivity index (χ2v) is 7.53. The van der Waals surface area contributed by atoms with Gasteiger partial charge in [-0.25, -0.2) is 13.4 Å². The van der Waals surface area contributed by atoms with Crippen molar-refractivity contribution in [3.8, 4) is 0 Å². The summed E-state index contributed by atoms with van der Waals surface area (Å²) in [6.07, 6.45) is 4.95. The zero-order valence-electron chi connectivity index (χ0n) is 10.9. The zero-order chi connectivity index (χ0) is 13.1. The predicted octanol–water partition coefficient (Wildman–Crippen LogP) is 0.604. The SMILES string of the molecule is Cc1nccn1CCNCC(C)(C)S(C)(=O)=O. The lowest BCUT2D eigenvalue weighted by molar-refractivity contribution is 0.507. The van der Waals surface area contributed by atoms with Gasteiger partial charge >= 0.3 is 0 Å². The van der Waals surface area contributed by atoms with Crippen molar-refractivity contribution in [2.75, 3.05) is 19.3 Å². The lowest BCUT2D eigenvalue weighted by Crippen LogP contribution is -2.42. The Morgan fingerprint density at radius 3 is 2.59 bits per heavy atom. The number of aryl methyl sites for hydroxylation is 1. The number of hydrogen-bond acceptors (Lipinski definition) is 4. The van der Waals surface area contributed by atoms with Crippen molar-refractivity contribution in [3.63, 3.8) is 0 Å². The summed E-state index contributed by atoms with van der Waals surface area (Å²) in [7, 11) is -3.03. The predicted molar refractivity (Wildman–Crippen MR) is 68.8 cm³/mol. The molecule has 98 valence electrons. The van der Waals surface area contributed by atoms with Crippen LogP contribution in [0.5, 0.6) is 0 Å². The third-order valence-electron chi connectivity index (χ3n) is 3.01. The lowest BCUT2D eigenvalue weighted by atomic mass is 10.2. The van der Waals surface area contributed by atoms with Gasteiger partial charge in [0, 0.05) is 38.3 Å². The molecule has 0 aromatic carbocycles. The minimum atomic E-state index is -3.03. The van der Waals surface area contributed by atoms with Gasteiger partial charge in [-0.15, -0.1) is 0 Å². The molecule has 1 aromatic heterocycles. The molecule has 1 heterocycles. The van der Waals surface area contributed by atoms with Crippen LogP contribution in [0, 0.1) is 6.92 Å². The summed E-state index contributed by atoms with van der Waals surface area (Å²) in [6, 6.07) is 0. The third-order valence-corrected chi connectivity index (χ3v) is 5.16. The summed E-state index contributed by atoms with van der Waals surface area (Å²) in [6.45, 7) is 7.40. The van der Waals surface area contributed by atoms with Gasteiger partial charge in [0.2, 0.25) is 0 Å². The summed E-state index contributed by atoms with van der Waals surface area (Å²) in [5.74, 6) is 0.967. The maximum absolute atomic E-state index is 11.5. The van der Waals surface area contributed by atoms with E-state index < -0.39 is 14.6 Å². The van der Waals surface area contributed by atoms with Gasteiger partial charge in [-0.05, 0) is 20.8 Å². The molecule has 0 aliphatic heterocycles. The molecule has 0 saturated heterocycles. The van der Waals surface area contributed by atoms with Crippen LogP contribution >= 0.6 is 0 Å². The third kappa shape index (κ3) is 3.81. The highest BCUT2D eigenvalue weighted by Crippen LogP contribution is 2.13. The fourth-order valence-corrected chi connectivity index (χ4v) is 1.72. The fourth-order valence-electron chi connectivity index (χ4n) is 1.36. The maximum Gasteiger partial charge on any atom is 0.153 e. The van der Waals surface area contributed by atoms with Crippen LogP contribution in [-0.4, -0.2) is 42.1 Å². The first-order valence-corrected chi connectivity index (χ1v) is 7.51. The van der Waals surface area contributed by atoms with E-state index in [1.54, 1.807) is 20.0 Å². The van der Waals surface area contributed by atoms with Crippen molar-refractivity contribution in [3.05, 3.63) is 18.2 Å². The number of nitrogens with zero attached hydrogens (tertiary/aromatic N) is 2. The van der Waals surface area contributed by atoms with E-state index in [4.69, 9.17) is 0 Å². The largest absolute Gasteiger partial charge is 0.334 e. The van der Waals surface area contributed by atoms with Crippen LogP contribution in [0.2, 0.25) is 0 Å². The van der Waals surface area contributed by atoms with Crippen molar-refractivity contribution in [1.82, 2.24) is 14.9 Å². The fraction of sp³-hybridized carbons (Fsp3) is 0.727. The topological polar surface area (TPSA) is 64.0 Å². The molecule has 5 nitrogen and oxygen atoms in total. The molecule has 0 amide bonds. The van der Waals surface area contributed by atoms with Crippen molar-refractivity contribution in [1.29, 1.82) is 0 Å². The number of hydrogen-bond donors (Lipinski definition) is 1. The Morgan fingerprint density at radius 1 is 1.47 bits per heavy atom. The Hall–Kier alpha value is -0.880. The van der Waals surface area contributed by atoms with Crippen molar-refractivity contribution in [2.24, 2.45) is 0 Å². The van der Waals surface area contributed by atoms with E-state index in [1.165, 1.54) is 6.26 Å². The molecule has 0 fully saturated rings. The molecule has 0 spiro atoms. The lowest BCUT2D eigenvalue weighted by Gasteiger charge is -2.22. The zero-order valence-corrected chi connectivity index (χ0v) is 11.7. The second kappa shape index (κ2) is 5.18. The molecule has 0 radical (unpaired) electrons. The Labute approximate surface area is 103 Å². The Kier molecular flexibility index (Phi) is 4.32. The average molecular weight is 259 g/mol. The Bertz CT molecular complexity index is 463. The molecule has 0 saturated carbocycles. The second-order valence-electron chi connectivity index (χ2n) is 4.88. The van der Waals surface area contributed by atoms with E-state index in [0.717, 1.165) is 18.9 Å². The van der Waals surface area contributed by atoms with Crippen LogP contribution < -0.4 is 5.32 Å². The van der Waals surface area contributed by atoms with Crippen molar-refractivity contribution < 1.29 is 8.42 Å². The summed E-state index contributed by atoms with van der Waals surface area (Å²) >= 11 is 0. The summed E-state index contributed by atoms with van der Waals surface area (Å²) in [4.78, 5) is 4.12. The molecule has 17 heavy (non-hydrogen) atoms. The van der Waals surface area contributed by atoms with Gasteiger partial charge in [0.05, 0.1) is 4.75 Å². The van der Waals surface area contributed by atoms with E-state index >= 15 is 0 Å². The Balaban J connectivity index is 2.37. The van der Waals surface area contributed by atoms with Gasteiger partial charge in [0.25, 0.3) is 0 Å². The highest BCUT2D eigenvalue weighted by Gasteiger charge is 2.29. The first kappa shape index (κ1) is 14.2. The van der Waals surface area contributed by atoms with Gasteiger partial charge in [-0.3, -0.25) is 0 Å². The Morgan fingerprint density at radius 2 is 2.12 bits per heavy atom. The minimum absolute atomic E-state index is 0.458. The molecule has 1 aromatic rings. The molecular weight excluding hydrogens is 238 g/mol. The number of sulfone groups is 1. The first-order valence-electron chi connectivity index (χ1n) is 5.62. The quantitative estimate of drug-likeness (QED) is 0.760. The van der Waals surface area contributed by atoms with Gasteiger partial charge in [-0.2, -0.15) is 0 Å². The molecule has 0 bridgehead atoms. The number of imidazole rings is 1. The molecule has 0 aliphatic rings. The summed E-state index contributed by atoms with van der Waals surface area (Å²) < 4.78 is 24.3. The van der Waals surface area contributed by atoms with Crippen LogP contribution in [0.3, 0.4) is 0 Å². The highest BCUT2D eigenvalue weighted by molar-refractivity contribution is 7.92. The minimum Gasteiger partial charge on any atom is -0.334 e. The molecule has 1 N–H and O–H groups in total. The van der Waals surface area contributed by atoms with E-state index in [0.29, 0.717) is 6.54 Å². The average Bonchev–Trinajstić information content (AvgIpc) is 2.57. The normalized spacial score (nSPS) is 12.9. The maximum atomic E-state index is 11.5. The summed E-state index contributed by atoms with van der Waals surface area (Å²) in [5.41, 5.74) is 0. The standard InChI is InChI=1S/C11H21N3O2S/c1-10-13-6-8-14(10)7-5-12-9-11(2,3)17(4,15)16/h6,8,12H,5,7,9H2,1-4H3. The van der Waals surface area contributed by atoms with E-state index in [-0.39, 0.29) is 0 Å². The van der Waals surface area contributed by atoms with Crippen molar-refractivity contribution in [2.45, 2.75) is 32.1 Å². The summed E-state index contributed by atoms with van der Waals surface area (Å²) in [5, 5.41) is 3.17. The number of nitrogens with one attached hydrogen (secondary N) is 1. The van der Waals surface area contributed by atoms with Gasteiger partial charge in [0.1, 0.15) is 5.82 Å². The van der Waals surface area contributed by atoms with Crippen LogP contribution in [0.1, 0.15) is 19.7 Å². The smallest absolute Gasteiger partial charge is 0.153 e. The van der Waals surface area contributed by atoms with Crippen LogP contribution in [0.25, 0.3) is 0 Å². The van der Waals surface area contributed by atoms with E-state index in [1.807, 2.05) is 17.7 Å². The molecule has 0 unspecified atom stereocenters. The first-order chi connectivity index (χ1) is 7.74. The highest BCUT2D eigenvalue weighted by atomic mass is 32.2. The monoisotopic (exact) mass is 259 g/mol. The van der Waals surface area contributed by atoms with Gasteiger partial charge in [0.15, 0.2) is 9.84 Å². The number of aromatic nitrogens is 2.